The van der Waals surface area contributed by atoms with Gasteiger partial charge in [0, 0.05) is 37.6 Å². The van der Waals surface area contributed by atoms with Gasteiger partial charge in [-0.2, -0.15) is 0 Å². The Labute approximate surface area is 147 Å². The summed E-state index contributed by atoms with van der Waals surface area (Å²) in [6.45, 7) is 2.80. The van der Waals surface area contributed by atoms with Crippen molar-refractivity contribution in [3.05, 3.63) is 60.2 Å². The van der Waals surface area contributed by atoms with Crippen LogP contribution in [0.2, 0.25) is 0 Å². The van der Waals surface area contributed by atoms with E-state index in [0.29, 0.717) is 18.7 Å². The zero-order valence-corrected chi connectivity index (χ0v) is 14.1. The number of hydrogen-bond donors (Lipinski definition) is 1. The third kappa shape index (κ3) is 4.09. The molecule has 6 nitrogen and oxygen atoms in total. The van der Waals surface area contributed by atoms with Crippen LogP contribution in [0, 0.1) is 0 Å². The standard InChI is InChI=1S/C19H21N3O3/c1-25-18(23)15-7-9-17(10-8-15)21-11-13-22(14-12-21)19(24)20-16-5-3-2-4-6-16/h2-10H,11-14H2,1H3,(H,20,24). The van der Waals surface area contributed by atoms with Crippen LogP contribution < -0.4 is 10.2 Å². The summed E-state index contributed by atoms with van der Waals surface area (Å²) >= 11 is 0. The van der Waals surface area contributed by atoms with E-state index in [1.54, 1.807) is 12.1 Å². The summed E-state index contributed by atoms with van der Waals surface area (Å²) in [6.07, 6.45) is 0. The van der Waals surface area contributed by atoms with Gasteiger partial charge in [0.2, 0.25) is 0 Å². The number of carbonyl (C=O) groups is 2. The Bertz CT molecular complexity index is 723. The molecule has 0 saturated carbocycles. The smallest absolute Gasteiger partial charge is 0.337 e. The quantitative estimate of drug-likeness (QED) is 0.874. The Balaban J connectivity index is 1.54. The van der Waals surface area contributed by atoms with E-state index in [1.807, 2.05) is 47.4 Å². The molecule has 1 N–H and O–H groups in total. The lowest BCUT2D eigenvalue weighted by atomic mass is 10.2. The second-order valence-electron chi connectivity index (χ2n) is 5.81. The fraction of sp³-hybridized carbons (Fsp3) is 0.263. The number of methoxy groups -OCH3 is 1. The first-order valence-electron chi connectivity index (χ1n) is 8.21. The molecule has 1 aliphatic heterocycles. The maximum absolute atomic E-state index is 12.3. The van der Waals surface area contributed by atoms with Gasteiger partial charge in [0.1, 0.15) is 0 Å². The van der Waals surface area contributed by atoms with Gasteiger partial charge in [-0.3, -0.25) is 0 Å². The third-order valence-electron chi connectivity index (χ3n) is 4.25. The Morgan fingerprint density at radius 1 is 0.920 bits per heavy atom. The molecule has 2 aromatic rings. The van der Waals surface area contributed by atoms with Gasteiger partial charge < -0.3 is 19.9 Å². The molecule has 0 aliphatic carbocycles. The lowest BCUT2D eigenvalue weighted by Gasteiger charge is -2.36. The number of anilines is 2. The van der Waals surface area contributed by atoms with Crippen molar-refractivity contribution in [1.82, 2.24) is 4.90 Å². The highest BCUT2D eigenvalue weighted by Gasteiger charge is 2.21. The van der Waals surface area contributed by atoms with Crippen molar-refractivity contribution < 1.29 is 14.3 Å². The van der Waals surface area contributed by atoms with Gasteiger partial charge in [0.05, 0.1) is 12.7 Å². The number of piperazine rings is 1. The molecule has 0 unspecified atom stereocenters. The highest BCUT2D eigenvalue weighted by atomic mass is 16.5. The van der Waals surface area contributed by atoms with E-state index in [1.165, 1.54) is 7.11 Å². The number of nitrogens with one attached hydrogen (secondary N) is 1. The molecule has 0 bridgehead atoms. The average molecular weight is 339 g/mol. The lowest BCUT2D eigenvalue weighted by molar-refractivity contribution is 0.0600. The van der Waals surface area contributed by atoms with E-state index in [4.69, 9.17) is 4.74 Å². The number of nitrogens with zero attached hydrogens (tertiary/aromatic N) is 2. The number of para-hydroxylation sites is 1. The van der Waals surface area contributed by atoms with Gasteiger partial charge in [-0.25, -0.2) is 9.59 Å². The number of ether oxygens (including phenoxy) is 1. The second-order valence-corrected chi connectivity index (χ2v) is 5.81. The summed E-state index contributed by atoms with van der Waals surface area (Å²) in [5.41, 5.74) is 2.37. The summed E-state index contributed by atoms with van der Waals surface area (Å²) in [7, 11) is 1.37. The fourth-order valence-corrected chi connectivity index (χ4v) is 2.82. The molecular weight excluding hydrogens is 318 g/mol. The van der Waals surface area contributed by atoms with Crippen molar-refractivity contribution in [2.24, 2.45) is 0 Å². The molecule has 1 aliphatic rings. The molecule has 0 aromatic heterocycles. The summed E-state index contributed by atoms with van der Waals surface area (Å²) in [4.78, 5) is 27.8. The average Bonchev–Trinajstić information content (AvgIpc) is 2.68. The van der Waals surface area contributed by atoms with Crippen LogP contribution in [0.1, 0.15) is 10.4 Å². The first-order chi connectivity index (χ1) is 12.2. The van der Waals surface area contributed by atoms with Gasteiger partial charge in [0.25, 0.3) is 0 Å². The summed E-state index contributed by atoms with van der Waals surface area (Å²) < 4.78 is 4.71. The van der Waals surface area contributed by atoms with E-state index in [0.717, 1.165) is 24.5 Å². The molecule has 0 spiro atoms. The van der Waals surface area contributed by atoms with Gasteiger partial charge in [-0.15, -0.1) is 0 Å². The van der Waals surface area contributed by atoms with Crippen LogP contribution in [-0.4, -0.2) is 50.2 Å². The number of carbonyl (C=O) groups excluding carboxylic acids is 2. The minimum Gasteiger partial charge on any atom is -0.465 e. The van der Waals surface area contributed by atoms with Crippen LogP contribution in [0.25, 0.3) is 0 Å². The third-order valence-corrected chi connectivity index (χ3v) is 4.25. The molecule has 1 fully saturated rings. The van der Waals surface area contributed by atoms with Gasteiger partial charge >= 0.3 is 12.0 Å². The summed E-state index contributed by atoms with van der Waals surface area (Å²) in [6, 6.07) is 16.7. The summed E-state index contributed by atoms with van der Waals surface area (Å²) in [5, 5.41) is 2.91. The number of amides is 2. The molecule has 6 heteroatoms. The molecular formula is C19H21N3O3. The van der Waals surface area contributed by atoms with Crippen molar-refractivity contribution >= 4 is 23.4 Å². The van der Waals surface area contributed by atoms with Crippen LogP contribution in [0.4, 0.5) is 16.2 Å². The second kappa shape index (κ2) is 7.70. The molecule has 0 atom stereocenters. The molecule has 25 heavy (non-hydrogen) atoms. The zero-order valence-electron chi connectivity index (χ0n) is 14.1. The van der Waals surface area contributed by atoms with Gasteiger partial charge in [-0.1, -0.05) is 18.2 Å². The number of rotatable bonds is 3. The maximum atomic E-state index is 12.3. The van der Waals surface area contributed by atoms with E-state index in [9.17, 15) is 9.59 Å². The molecule has 3 rings (SSSR count). The first kappa shape index (κ1) is 16.8. The number of esters is 1. The van der Waals surface area contributed by atoms with Crippen LogP contribution in [-0.2, 0) is 4.74 Å². The fourth-order valence-electron chi connectivity index (χ4n) is 2.82. The highest BCUT2D eigenvalue weighted by Crippen LogP contribution is 2.18. The van der Waals surface area contributed by atoms with Crippen molar-refractivity contribution in [3.63, 3.8) is 0 Å². The predicted molar refractivity (Wildman–Crippen MR) is 97.0 cm³/mol. The van der Waals surface area contributed by atoms with Crippen molar-refractivity contribution in [2.45, 2.75) is 0 Å². The van der Waals surface area contributed by atoms with E-state index >= 15 is 0 Å². The number of urea groups is 1. The molecule has 2 aromatic carbocycles. The SMILES string of the molecule is COC(=O)c1ccc(N2CCN(C(=O)Nc3ccccc3)CC2)cc1. The number of benzene rings is 2. The Kier molecular flexibility index (Phi) is 5.18. The molecule has 130 valence electrons. The normalized spacial score (nSPS) is 14.1. The molecule has 0 radical (unpaired) electrons. The Hall–Kier alpha value is -3.02. The van der Waals surface area contributed by atoms with Crippen molar-refractivity contribution in [3.8, 4) is 0 Å². The Morgan fingerprint density at radius 3 is 2.16 bits per heavy atom. The maximum Gasteiger partial charge on any atom is 0.337 e. The molecule has 1 heterocycles. The lowest BCUT2D eigenvalue weighted by Crippen LogP contribution is -2.50. The van der Waals surface area contributed by atoms with E-state index in [2.05, 4.69) is 10.2 Å². The minimum atomic E-state index is -0.339. The van der Waals surface area contributed by atoms with E-state index < -0.39 is 0 Å². The van der Waals surface area contributed by atoms with Crippen LogP contribution in [0.5, 0.6) is 0 Å². The van der Waals surface area contributed by atoms with Gasteiger partial charge in [-0.05, 0) is 36.4 Å². The topological polar surface area (TPSA) is 61.9 Å². The molecule has 1 saturated heterocycles. The summed E-state index contributed by atoms with van der Waals surface area (Å²) in [5.74, 6) is -0.339. The zero-order chi connectivity index (χ0) is 17.6. The minimum absolute atomic E-state index is 0.0770. The molecule has 2 amide bonds. The van der Waals surface area contributed by atoms with Crippen LogP contribution in [0.15, 0.2) is 54.6 Å². The highest BCUT2D eigenvalue weighted by molar-refractivity contribution is 5.90. The number of hydrogen-bond acceptors (Lipinski definition) is 4. The van der Waals surface area contributed by atoms with E-state index in [-0.39, 0.29) is 12.0 Å². The Morgan fingerprint density at radius 2 is 1.56 bits per heavy atom. The van der Waals surface area contributed by atoms with Gasteiger partial charge in [0.15, 0.2) is 0 Å². The van der Waals surface area contributed by atoms with Crippen molar-refractivity contribution in [2.75, 3.05) is 43.5 Å². The first-order valence-corrected chi connectivity index (χ1v) is 8.21. The monoisotopic (exact) mass is 339 g/mol. The van der Waals surface area contributed by atoms with Crippen LogP contribution in [0.3, 0.4) is 0 Å². The van der Waals surface area contributed by atoms with Crippen molar-refractivity contribution in [1.29, 1.82) is 0 Å². The largest absolute Gasteiger partial charge is 0.465 e. The van der Waals surface area contributed by atoms with Crippen LogP contribution >= 0.6 is 0 Å². The predicted octanol–water partition coefficient (Wildman–Crippen LogP) is 2.83.